The number of para-hydroxylation sites is 1. The summed E-state index contributed by atoms with van der Waals surface area (Å²) in [6.07, 6.45) is 1.24. The molecule has 4 nitrogen and oxygen atoms in total. The zero-order valence-corrected chi connectivity index (χ0v) is 18.0. The van der Waals surface area contributed by atoms with E-state index in [1.54, 1.807) is 6.07 Å². The fraction of sp³-hybridized carbons (Fsp3) is 0.250. The van der Waals surface area contributed by atoms with Crippen molar-refractivity contribution in [1.29, 1.82) is 0 Å². The Labute approximate surface area is 182 Å². The van der Waals surface area contributed by atoms with Crippen LogP contribution in [-0.4, -0.2) is 17.9 Å². The summed E-state index contributed by atoms with van der Waals surface area (Å²) in [5, 5.41) is 4.66. The number of carbonyl (C=O) groups excluding carboxylic acids is 2. The van der Waals surface area contributed by atoms with Crippen molar-refractivity contribution in [3.63, 3.8) is 0 Å². The molecule has 1 heterocycles. The second kappa shape index (κ2) is 6.91. The minimum atomic E-state index is -0.559. The number of nitrogens with one attached hydrogen (secondary N) is 1. The van der Waals surface area contributed by atoms with E-state index in [1.807, 2.05) is 41.3 Å². The molecule has 1 aliphatic carbocycles. The number of benzene rings is 3. The molecule has 0 unspecified atom stereocenters. The minimum absolute atomic E-state index is 0.0294. The van der Waals surface area contributed by atoms with Crippen LogP contribution in [0.5, 0.6) is 0 Å². The molecule has 1 spiro atoms. The third kappa shape index (κ3) is 2.85. The zero-order valence-electron chi connectivity index (χ0n) is 16.4. The maximum Gasteiger partial charge on any atom is 0.238 e. The summed E-state index contributed by atoms with van der Waals surface area (Å²) < 4.78 is 14.4. The van der Waals surface area contributed by atoms with Crippen molar-refractivity contribution in [2.45, 2.75) is 37.8 Å². The average molecular weight is 467 g/mol. The quantitative estimate of drug-likeness (QED) is 0.601. The highest BCUT2D eigenvalue weighted by molar-refractivity contribution is 9.10. The summed E-state index contributed by atoms with van der Waals surface area (Å²) in [6, 6.07) is 16.5. The van der Waals surface area contributed by atoms with E-state index in [-0.39, 0.29) is 23.7 Å². The van der Waals surface area contributed by atoms with E-state index >= 15 is 0 Å². The molecule has 152 valence electrons. The number of fused-ring (bicyclic) bond motifs is 3. The van der Waals surface area contributed by atoms with E-state index in [0.717, 1.165) is 32.1 Å². The van der Waals surface area contributed by atoms with Gasteiger partial charge in [0.15, 0.2) is 0 Å². The molecule has 0 bridgehead atoms. The zero-order chi connectivity index (χ0) is 21.0. The first-order valence-electron chi connectivity index (χ1n) is 9.94. The summed E-state index contributed by atoms with van der Waals surface area (Å²) in [6.45, 7) is 1.93. The second-order valence-electron chi connectivity index (χ2n) is 8.20. The first-order valence-corrected chi connectivity index (χ1v) is 10.7. The summed E-state index contributed by atoms with van der Waals surface area (Å²) in [7, 11) is 0. The largest absolute Gasteiger partial charge is 0.354 e. The number of halogens is 2. The molecule has 0 atom stereocenters. The van der Waals surface area contributed by atoms with E-state index in [2.05, 4.69) is 21.2 Å². The molecule has 3 aromatic carbocycles. The topological polar surface area (TPSA) is 49.4 Å². The third-order valence-electron chi connectivity index (χ3n) is 6.29. The smallest absolute Gasteiger partial charge is 0.238 e. The first kappa shape index (κ1) is 19.2. The Kier molecular flexibility index (Phi) is 4.43. The van der Waals surface area contributed by atoms with Crippen molar-refractivity contribution in [3.8, 4) is 0 Å². The number of carbonyl (C=O) groups is 2. The number of rotatable bonds is 3. The standard InChI is InChI=1S/C24H20BrFN2O2/c1-14(29)27-18-11-24(12-18)20-4-2-3-5-21(20)28(23(24)30)13-16-7-6-15-10-17(26)8-9-19(15)22(16)25/h2-10,18H,11-13H2,1H3,(H,27,29). The molecule has 2 aliphatic rings. The molecule has 3 aromatic rings. The molecule has 0 saturated heterocycles. The number of nitrogens with zero attached hydrogens (tertiary/aromatic N) is 1. The lowest BCUT2D eigenvalue weighted by atomic mass is 9.62. The van der Waals surface area contributed by atoms with Crippen LogP contribution in [-0.2, 0) is 21.5 Å². The average Bonchev–Trinajstić information content (AvgIpc) is 2.92. The SMILES string of the molecule is CC(=O)NC1CC2(C1)C(=O)N(Cc1ccc3cc(F)ccc3c1Br)c1ccccc12. The van der Waals surface area contributed by atoms with Crippen LogP contribution in [0.4, 0.5) is 10.1 Å². The van der Waals surface area contributed by atoms with Gasteiger partial charge >= 0.3 is 0 Å². The Morgan fingerprint density at radius 1 is 1.20 bits per heavy atom. The monoisotopic (exact) mass is 466 g/mol. The predicted octanol–water partition coefficient (Wildman–Crippen LogP) is 4.82. The van der Waals surface area contributed by atoms with Crippen LogP contribution >= 0.6 is 15.9 Å². The molecule has 0 aromatic heterocycles. The minimum Gasteiger partial charge on any atom is -0.354 e. The summed E-state index contributed by atoms with van der Waals surface area (Å²) in [5.74, 6) is -0.259. The van der Waals surface area contributed by atoms with Crippen LogP contribution in [0.25, 0.3) is 10.8 Å². The van der Waals surface area contributed by atoms with Crippen molar-refractivity contribution in [2.24, 2.45) is 0 Å². The molecule has 30 heavy (non-hydrogen) atoms. The molecular formula is C24H20BrFN2O2. The number of hydrogen-bond acceptors (Lipinski definition) is 2. The van der Waals surface area contributed by atoms with E-state index in [9.17, 15) is 14.0 Å². The van der Waals surface area contributed by atoms with Gasteiger partial charge in [-0.1, -0.05) is 36.4 Å². The van der Waals surface area contributed by atoms with Crippen molar-refractivity contribution < 1.29 is 14.0 Å². The van der Waals surface area contributed by atoms with Crippen LogP contribution in [0.3, 0.4) is 0 Å². The van der Waals surface area contributed by atoms with Crippen LogP contribution in [0.15, 0.2) is 59.1 Å². The molecule has 1 N–H and O–H groups in total. The third-order valence-corrected chi connectivity index (χ3v) is 7.22. The Bertz CT molecular complexity index is 1200. The van der Waals surface area contributed by atoms with Crippen molar-refractivity contribution in [1.82, 2.24) is 5.32 Å². The van der Waals surface area contributed by atoms with Gasteiger partial charge in [0.1, 0.15) is 5.82 Å². The lowest BCUT2D eigenvalue weighted by Crippen LogP contribution is -2.57. The molecule has 1 aliphatic heterocycles. The van der Waals surface area contributed by atoms with Gasteiger partial charge in [0.25, 0.3) is 0 Å². The lowest BCUT2D eigenvalue weighted by molar-refractivity contribution is -0.129. The number of hydrogen-bond donors (Lipinski definition) is 1. The van der Waals surface area contributed by atoms with Gasteiger partial charge in [0, 0.05) is 23.1 Å². The van der Waals surface area contributed by atoms with Crippen LogP contribution in [0.2, 0.25) is 0 Å². The Balaban J connectivity index is 1.49. The predicted molar refractivity (Wildman–Crippen MR) is 118 cm³/mol. The molecule has 1 saturated carbocycles. The van der Waals surface area contributed by atoms with E-state index in [4.69, 9.17) is 0 Å². The van der Waals surface area contributed by atoms with Gasteiger partial charge in [-0.3, -0.25) is 9.59 Å². The fourth-order valence-corrected chi connectivity index (χ4v) is 5.54. The van der Waals surface area contributed by atoms with Crippen LogP contribution in [0.1, 0.15) is 30.9 Å². The second-order valence-corrected chi connectivity index (χ2v) is 8.99. The first-order chi connectivity index (χ1) is 14.4. The van der Waals surface area contributed by atoms with Crippen molar-refractivity contribution in [3.05, 3.63) is 76.0 Å². The van der Waals surface area contributed by atoms with Crippen molar-refractivity contribution >= 4 is 44.2 Å². The maximum absolute atomic E-state index is 13.6. The summed E-state index contributed by atoms with van der Waals surface area (Å²) in [4.78, 5) is 26.8. The molecule has 1 fully saturated rings. The van der Waals surface area contributed by atoms with E-state index in [0.29, 0.717) is 19.4 Å². The van der Waals surface area contributed by atoms with Gasteiger partial charge < -0.3 is 10.2 Å². The van der Waals surface area contributed by atoms with Gasteiger partial charge in [-0.25, -0.2) is 4.39 Å². The van der Waals surface area contributed by atoms with Gasteiger partial charge in [-0.05, 0) is 68.9 Å². The highest BCUT2D eigenvalue weighted by Gasteiger charge is 2.58. The Morgan fingerprint density at radius 3 is 2.73 bits per heavy atom. The van der Waals surface area contributed by atoms with E-state index < -0.39 is 5.41 Å². The maximum atomic E-state index is 13.6. The Morgan fingerprint density at radius 2 is 1.97 bits per heavy atom. The van der Waals surface area contributed by atoms with Gasteiger partial charge in [0.05, 0.1) is 12.0 Å². The number of amides is 2. The van der Waals surface area contributed by atoms with Gasteiger partial charge in [-0.2, -0.15) is 0 Å². The van der Waals surface area contributed by atoms with Crippen LogP contribution in [0, 0.1) is 5.82 Å². The van der Waals surface area contributed by atoms with Gasteiger partial charge in [-0.15, -0.1) is 0 Å². The molecule has 0 radical (unpaired) electrons. The Hall–Kier alpha value is -2.73. The fourth-order valence-electron chi connectivity index (χ4n) is 4.92. The number of anilines is 1. The lowest BCUT2D eigenvalue weighted by Gasteiger charge is -2.44. The summed E-state index contributed by atoms with van der Waals surface area (Å²) >= 11 is 3.66. The highest BCUT2D eigenvalue weighted by Crippen LogP contribution is 2.54. The highest BCUT2D eigenvalue weighted by atomic mass is 79.9. The summed E-state index contributed by atoms with van der Waals surface area (Å²) in [5.41, 5.74) is 2.37. The van der Waals surface area contributed by atoms with Crippen molar-refractivity contribution in [2.75, 3.05) is 4.90 Å². The van der Waals surface area contributed by atoms with Crippen LogP contribution < -0.4 is 10.2 Å². The molecular weight excluding hydrogens is 447 g/mol. The molecule has 6 heteroatoms. The molecule has 2 amide bonds. The van der Waals surface area contributed by atoms with Gasteiger partial charge in [0.2, 0.25) is 11.8 Å². The van der Waals surface area contributed by atoms with E-state index in [1.165, 1.54) is 19.1 Å². The normalized spacial score (nSPS) is 22.3. The molecule has 5 rings (SSSR count).